The molecule has 1 aliphatic heterocycles. The molecule has 7 nitrogen and oxygen atoms in total. The standard InChI is InChI=1S/C23H25N5O2/c1-15-24-8-6-22(27-15)28-18-2-4-19(5-3-18)30-21-13-17(16-7-11-29-14-16)12-20-23(21)26-10-9-25-20/h6-10,12-13,18-19H,2-5,11,14H2,1H3,(H,24,27,28)/t18-,19+. The van der Waals surface area contributed by atoms with E-state index in [1.54, 1.807) is 18.6 Å². The SMILES string of the molecule is Cc1nccc(N[C@H]2CC[C@@H](Oc3cc(C4=CCOC4)cc4nccnc34)CC2)n1. The van der Waals surface area contributed by atoms with Crippen molar-refractivity contribution < 1.29 is 9.47 Å². The molecule has 3 heterocycles. The average Bonchev–Trinajstić information content (AvgIpc) is 3.30. The van der Waals surface area contributed by atoms with Crippen LogP contribution in [0, 0.1) is 6.92 Å². The highest BCUT2D eigenvalue weighted by Crippen LogP contribution is 2.32. The van der Waals surface area contributed by atoms with Crippen LogP contribution in [0.3, 0.4) is 0 Å². The second-order valence-corrected chi connectivity index (χ2v) is 7.87. The first-order chi connectivity index (χ1) is 14.7. The number of rotatable bonds is 5. The molecule has 1 fully saturated rings. The molecule has 0 atom stereocenters. The number of aryl methyl sites for hydroxylation is 1. The molecule has 1 saturated carbocycles. The van der Waals surface area contributed by atoms with E-state index < -0.39 is 0 Å². The predicted octanol–water partition coefficient (Wildman–Crippen LogP) is 3.94. The number of anilines is 1. The Bertz CT molecular complexity index is 1080. The number of benzene rings is 1. The van der Waals surface area contributed by atoms with Crippen molar-refractivity contribution in [2.24, 2.45) is 0 Å². The van der Waals surface area contributed by atoms with Crippen molar-refractivity contribution in [1.29, 1.82) is 0 Å². The molecule has 1 N–H and O–H groups in total. The van der Waals surface area contributed by atoms with Crippen molar-refractivity contribution >= 4 is 22.4 Å². The second-order valence-electron chi connectivity index (χ2n) is 7.87. The maximum atomic E-state index is 6.46. The molecule has 5 rings (SSSR count). The third-order valence-electron chi connectivity index (χ3n) is 5.71. The van der Waals surface area contributed by atoms with Gasteiger partial charge >= 0.3 is 0 Å². The van der Waals surface area contributed by atoms with Crippen LogP contribution in [0.15, 0.2) is 42.9 Å². The number of ether oxygens (including phenoxy) is 2. The van der Waals surface area contributed by atoms with E-state index in [0.717, 1.165) is 59.7 Å². The Balaban J connectivity index is 1.29. The van der Waals surface area contributed by atoms with Crippen LogP contribution in [-0.4, -0.2) is 45.3 Å². The molecule has 1 aromatic carbocycles. The first-order valence-electron chi connectivity index (χ1n) is 10.5. The lowest BCUT2D eigenvalue weighted by Crippen LogP contribution is -2.31. The summed E-state index contributed by atoms with van der Waals surface area (Å²) < 4.78 is 12.0. The normalized spacial score (nSPS) is 21.4. The van der Waals surface area contributed by atoms with Crippen LogP contribution in [-0.2, 0) is 4.74 Å². The Morgan fingerprint density at radius 1 is 1.03 bits per heavy atom. The minimum atomic E-state index is 0.171. The Labute approximate surface area is 175 Å². The Kier molecular flexibility index (Phi) is 5.27. The van der Waals surface area contributed by atoms with Gasteiger partial charge in [0.15, 0.2) is 0 Å². The van der Waals surface area contributed by atoms with Crippen LogP contribution in [0.1, 0.15) is 37.1 Å². The van der Waals surface area contributed by atoms with E-state index in [1.165, 1.54) is 5.57 Å². The van der Waals surface area contributed by atoms with Gasteiger partial charge in [0.1, 0.15) is 22.9 Å². The fourth-order valence-electron chi connectivity index (χ4n) is 4.16. The van der Waals surface area contributed by atoms with Gasteiger partial charge in [0.2, 0.25) is 0 Å². The van der Waals surface area contributed by atoms with Gasteiger partial charge in [-0.25, -0.2) is 15.0 Å². The smallest absolute Gasteiger partial charge is 0.148 e. The quantitative estimate of drug-likeness (QED) is 0.691. The highest BCUT2D eigenvalue weighted by Gasteiger charge is 2.24. The van der Waals surface area contributed by atoms with Gasteiger partial charge < -0.3 is 14.8 Å². The number of hydrogen-bond acceptors (Lipinski definition) is 7. The number of nitrogens with one attached hydrogen (secondary N) is 1. The number of fused-ring (bicyclic) bond motifs is 1. The first-order valence-corrected chi connectivity index (χ1v) is 10.5. The molecule has 0 unspecified atom stereocenters. The summed E-state index contributed by atoms with van der Waals surface area (Å²) in [4.78, 5) is 17.6. The molecule has 30 heavy (non-hydrogen) atoms. The van der Waals surface area contributed by atoms with E-state index >= 15 is 0 Å². The molecule has 154 valence electrons. The first kappa shape index (κ1) is 18.9. The summed E-state index contributed by atoms with van der Waals surface area (Å²) in [6, 6.07) is 6.49. The topological polar surface area (TPSA) is 82.1 Å². The number of nitrogens with zero attached hydrogens (tertiary/aromatic N) is 4. The molecule has 2 aliphatic rings. The van der Waals surface area contributed by atoms with Crippen molar-refractivity contribution in [3.8, 4) is 5.75 Å². The lowest BCUT2D eigenvalue weighted by Gasteiger charge is -2.30. The summed E-state index contributed by atoms with van der Waals surface area (Å²) in [6.07, 6.45) is 11.6. The van der Waals surface area contributed by atoms with Crippen molar-refractivity contribution in [3.05, 3.63) is 54.3 Å². The highest BCUT2D eigenvalue weighted by molar-refractivity contribution is 5.86. The molecule has 0 radical (unpaired) electrons. The molecule has 3 aromatic rings. The van der Waals surface area contributed by atoms with E-state index in [0.29, 0.717) is 19.3 Å². The highest BCUT2D eigenvalue weighted by atomic mass is 16.5. The summed E-state index contributed by atoms with van der Waals surface area (Å²) in [5, 5.41) is 3.53. The van der Waals surface area contributed by atoms with Crippen molar-refractivity contribution in [1.82, 2.24) is 19.9 Å². The number of aromatic nitrogens is 4. The maximum absolute atomic E-state index is 6.46. The van der Waals surface area contributed by atoms with E-state index in [4.69, 9.17) is 9.47 Å². The van der Waals surface area contributed by atoms with Gasteiger partial charge in [-0.05, 0) is 61.9 Å². The third kappa shape index (κ3) is 4.11. The van der Waals surface area contributed by atoms with Gasteiger partial charge in [0.05, 0.1) is 24.8 Å². The summed E-state index contributed by atoms with van der Waals surface area (Å²) in [5.74, 6) is 2.49. The molecular formula is C23H25N5O2. The zero-order valence-corrected chi connectivity index (χ0v) is 17.0. The largest absolute Gasteiger partial charge is 0.488 e. The summed E-state index contributed by atoms with van der Waals surface area (Å²) in [5.41, 5.74) is 3.95. The number of hydrogen-bond donors (Lipinski definition) is 1. The van der Waals surface area contributed by atoms with Crippen LogP contribution >= 0.6 is 0 Å². The fraction of sp³-hybridized carbons (Fsp3) is 0.391. The lowest BCUT2D eigenvalue weighted by molar-refractivity contribution is 0.151. The lowest BCUT2D eigenvalue weighted by atomic mass is 9.93. The Morgan fingerprint density at radius 3 is 2.70 bits per heavy atom. The fourth-order valence-corrected chi connectivity index (χ4v) is 4.16. The maximum Gasteiger partial charge on any atom is 0.148 e. The van der Waals surface area contributed by atoms with Crippen LogP contribution in [0.25, 0.3) is 16.6 Å². The van der Waals surface area contributed by atoms with Crippen molar-refractivity contribution in [3.63, 3.8) is 0 Å². The summed E-state index contributed by atoms with van der Waals surface area (Å²) in [7, 11) is 0. The second kappa shape index (κ2) is 8.36. The molecular weight excluding hydrogens is 378 g/mol. The molecule has 7 heteroatoms. The molecule has 0 saturated heterocycles. The third-order valence-corrected chi connectivity index (χ3v) is 5.71. The molecule has 1 aliphatic carbocycles. The van der Waals surface area contributed by atoms with Crippen LogP contribution < -0.4 is 10.1 Å². The average molecular weight is 403 g/mol. The minimum Gasteiger partial charge on any atom is -0.488 e. The van der Waals surface area contributed by atoms with E-state index in [9.17, 15) is 0 Å². The predicted molar refractivity (Wildman–Crippen MR) is 115 cm³/mol. The zero-order chi connectivity index (χ0) is 20.3. The van der Waals surface area contributed by atoms with Crippen LogP contribution in [0.2, 0.25) is 0 Å². The van der Waals surface area contributed by atoms with Crippen molar-refractivity contribution in [2.45, 2.75) is 44.8 Å². The summed E-state index contributed by atoms with van der Waals surface area (Å²) >= 11 is 0. The Morgan fingerprint density at radius 2 is 1.90 bits per heavy atom. The van der Waals surface area contributed by atoms with Crippen LogP contribution in [0.5, 0.6) is 5.75 Å². The van der Waals surface area contributed by atoms with Gasteiger partial charge in [-0.3, -0.25) is 4.98 Å². The monoisotopic (exact) mass is 403 g/mol. The van der Waals surface area contributed by atoms with E-state index in [-0.39, 0.29) is 6.10 Å². The van der Waals surface area contributed by atoms with Gasteiger partial charge in [0.25, 0.3) is 0 Å². The van der Waals surface area contributed by atoms with E-state index in [2.05, 4.69) is 43.5 Å². The molecule has 2 aromatic heterocycles. The molecule has 0 bridgehead atoms. The molecule has 0 spiro atoms. The van der Waals surface area contributed by atoms with Gasteiger partial charge in [0, 0.05) is 24.6 Å². The summed E-state index contributed by atoms with van der Waals surface area (Å²) in [6.45, 7) is 3.20. The van der Waals surface area contributed by atoms with E-state index in [1.807, 2.05) is 13.0 Å². The zero-order valence-electron chi connectivity index (χ0n) is 17.0. The van der Waals surface area contributed by atoms with Crippen LogP contribution in [0.4, 0.5) is 5.82 Å². The van der Waals surface area contributed by atoms with Gasteiger partial charge in [-0.2, -0.15) is 0 Å². The van der Waals surface area contributed by atoms with Gasteiger partial charge in [-0.15, -0.1) is 0 Å². The van der Waals surface area contributed by atoms with Gasteiger partial charge in [-0.1, -0.05) is 6.08 Å². The Hall–Kier alpha value is -3.06. The van der Waals surface area contributed by atoms with Crippen molar-refractivity contribution in [2.75, 3.05) is 18.5 Å². The minimum absolute atomic E-state index is 0.171. The molecule has 0 amide bonds.